The molecule has 0 saturated carbocycles. The van der Waals surface area contributed by atoms with Crippen molar-refractivity contribution in [2.24, 2.45) is 0 Å². The van der Waals surface area contributed by atoms with Gasteiger partial charge >= 0.3 is 5.97 Å². The molecule has 9 heteroatoms. The fraction of sp³-hybridized carbons (Fsp3) is 0.409. The Bertz CT molecular complexity index is 873. The van der Waals surface area contributed by atoms with Gasteiger partial charge in [0.2, 0.25) is 6.29 Å². The SMILES string of the molecule is CO[C@H]1[C@H](OCc2ccccc2)[C@@H](Oc2ccc([N+](=O)[O-])cc2)O[C@@H](C)[C@H]1OC(C)=O. The average Bonchev–Trinajstić information content (AvgIpc) is 2.75. The van der Waals surface area contributed by atoms with Gasteiger partial charge in [-0.15, -0.1) is 0 Å². The Kier molecular flexibility index (Phi) is 7.56. The Hall–Kier alpha value is -3.01. The summed E-state index contributed by atoms with van der Waals surface area (Å²) in [6, 6.07) is 15.2. The average molecular weight is 431 g/mol. The van der Waals surface area contributed by atoms with E-state index in [1.165, 1.54) is 38.3 Å². The third-order valence-corrected chi connectivity index (χ3v) is 4.89. The second-order valence-corrected chi connectivity index (χ2v) is 7.11. The van der Waals surface area contributed by atoms with Crippen molar-refractivity contribution in [3.63, 3.8) is 0 Å². The number of hydrogen-bond acceptors (Lipinski definition) is 8. The molecule has 0 aliphatic carbocycles. The Labute approximate surface area is 180 Å². The van der Waals surface area contributed by atoms with Gasteiger partial charge in [0.05, 0.1) is 17.6 Å². The minimum Gasteiger partial charge on any atom is -0.462 e. The molecule has 1 aliphatic rings. The topological polar surface area (TPSA) is 106 Å². The molecule has 0 amide bonds. The highest BCUT2D eigenvalue weighted by atomic mass is 16.7. The molecule has 0 aromatic heterocycles. The lowest BCUT2D eigenvalue weighted by molar-refractivity contribution is -0.384. The molecule has 166 valence electrons. The summed E-state index contributed by atoms with van der Waals surface area (Å²) in [6.45, 7) is 3.33. The summed E-state index contributed by atoms with van der Waals surface area (Å²) >= 11 is 0. The molecule has 3 rings (SSSR count). The number of benzene rings is 2. The van der Waals surface area contributed by atoms with Crippen LogP contribution in [0.2, 0.25) is 0 Å². The van der Waals surface area contributed by atoms with Gasteiger partial charge in [-0.05, 0) is 24.6 Å². The molecule has 0 spiro atoms. The minimum atomic E-state index is -0.892. The van der Waals surface area contributed by atoms with Crippen LogP contribution in [0.15, 0.2) is 54.6 Å². The van der Waals surface area contributed by atoms with E-state index in [0.29, 0.717) is 5.75 Å². The molecule has 2 aromatic carbocycles. The molecule has 1 saturated heterocycles. The Morgan fingerprint density at radius 3 is 2.32 bits per heavy atom. The Balaban J connectivity index is 1.82. The number of nitro benzene ring substituents is 1. The lowest BCUT2D eigenvalue weighted by Gasteiger charge is -2.43. The number of nitrogens with zero attached hydrogens (tertiary/aromatic N) is 1. The summed E-state index contributed by atoms with van der Waals surface area (Å²) in [6.07, 6.45) is -3.51. The molecular formula is C22H25NO8. The third kappa shape index (κ3) is 5.78. The normalized spacial score (nSPS) is 25.6. The molecule has 5 atom stereocenters. The van der Waals surface area contributed by atoms with Gasteiger partial charge in [0.1, 0.15) is 18.0 Å². The van der Waals surface area contributed by atoms with E-state index in [1.54, 1.807) is 6.92 Å². The van der Waals surface area contributed by atoms with E-state index >= 15 is 0 Å². The first kappa shape index (κ1) is 22.7. The standard InChI is InChI=1S/C22H25NO8/c1-14-19(30-15(2)24)20(27-3)21(28-13-16-7-5-4-6-8-16)22(29-14)31-18-11-9-17(10-12-18)23(25)26/h4-12,14,19-22H,13H2,1-3H3/t14-,19+,20+,21-,22+/m0/s1. The Morgan fingerprint density at radius 1 is 1.06 bits per heavy atom. The van der Waals surface area contributed by atoms with Crippen LogP contribution >= 0.6 is 0 Å². The van der Waals surface area contributed by atoms with Crippen LogP contribution in [0, 0.1) is 10.1 Å². The number of hydrogen-bond donors (Lipinski definition) is 0. The number of carbonyl (C=O) groups excluding carboxylic acids is 1. The van der Waals surface area contributed by atoms with Gasteiger partial charge in [0.15, 0.2) is 6.10 Å². The number of methoxy groups -OCH3 is 1. The zero-order valence-electron chi connectivity index (χ0n) is 17.5. The number of rotatable bonds is 8. The summed E-state index contributed by atoms with van der Waals surface area (Å²) in [5.74, 6) is -0.0871. The van der Waals surface area contributed by atoms with Crippen LogP contribution in [0.25, 0.3) is 0 Å². The van der Waals surface area contributed by atoms with Gasteiger partial charge in [0, 0.05) is 26.2 Å². The highest BCUT2D eigenvalue weighted by molar-refractivity contribution is 5.66. The van der Waals surface area contributed by atoms with Crippen LogP contribution in [-0.4, -0.2) is 48.7 Å². The van der Waals surface area contributed by atoms with Crippen molar-refractivity contribution >= 4 is 11.7 Å². The largest absolute Gasteiger partial charge is 0.462 e. The molecule has 0 bridgehead atoms. The zero-order chi connectivity index (χ0) is 22.4. The number of ether oxygens (including phenoxy) is 5. The second kappa shape index (κ2) is 10.3. The maximum atomic E-state index is 11.6. The first-order valence-corrected chi connectivity index (χ1v) is 9.81. The molecule has 1 aliphatic heterocycles. The summed E-state index contributed by atoms with van der Waals surface area (Å²) < 4.78 is 29.1. The predicted molar refractivity (Wildman–Crippen MR) is 109 cm³/mol. The van der Waals surface area contributed by atoms with Crippen molar-refractivity contribution in [3.8, 4) is 5.75 Å². The molecule has 2 aromatic rings. The van der Waals surface area contributed by atoms with Crippen LogP contribution in [-0.2, 0) is 30.3 Å². The first-order chi connectivity index (χ1) is 14.9. The maximum absolute atomic E-state index is 11.6. The van der Waals surface area contributed by atoms with Crippen molar-refractivity contribution in [1.29, 1.82) is 0 Å². The van der Waals surface area contributed by atoms with Crippen LogP contribution in [0.5, 0.6) is 5.75 Å². The predicted octanol–water partition coefficient (Wildman–Crippen LogP) is 3.25. The van der Waals surface area contributed by atoms with Crippen LogP contribution in [0.4, 0.5) is 5.69 Å². The quantitative estimate of drug-likeness (QED) is 0.356. The van der Waals surface area contributed by atoms with Crippen LogP contribution < -0.4 is 4.74 Å². The van der Waals surface area contributed by atoms with E-state index < -0.39 is 41.6 Å². The maximum Gasteiger partial charge on any atom is 0.303 e. The van der Waals surface area contributed by atoms with Gasteiger partial charge < -0.3 is 23.7 Å². The van der Waals surface area contributed by atoms with Gasteiger partial charge in [-0.3, -0.25) is 14.9 Å². The lowest BCUT2D eigenvalue weighted by Crippen LogP contribution is -2.61. The molecule has 31 heavy (non-hydrogen) atoms. The summed E-state index contributed by atoms with van der Waals surface area (Å²) in [4.78, 5) is 22.0. The number of non-ortho nitro benzene ring substituents is 1. The minimum absolute atomic E-state index is 0.0492. The van der Waals surface area contributed by atoms with Crippen molar-refractivity contribution < 1.29 is 33.4 Å². The molecule has 9 nitrogen and oxygen atoms in total. The van der Waals surface area contributed by atoms with Gasteiger partial charge in [-0.1, -0.05) is 30.3 Å². The number of esters is 1. The van der Waals surface area contributed by atoms with Crippen LogP contribution in [0.1, 0.15) is 19.4 Å². The van der Waals surface area contributed by atoms with Crippen molar-refractivity contribution in [1.82, 2.24) is 0 Å². The second-order valence-electron chi connectivity index (χ2n) is 7.11. The van der Waals surface area contributed by atoms with Crippen molar-refractivity contribution in [2.45, 2.75) is 51.2 Å². The van der Waals surface area contributed by atoms with E-state index in [9.17, 15) is 14.9 Å². The zero-order valence-corrected chi connectivity index (χ0v) is 17.5. The monoisotopic (exact) mass is 431 g/mol. The molecule has 0 N–H and O–H groups in total. The molecule has 1 heterocycles. The van der Waals surface area contributed by atoms with Crippen LogP contribution in [0.3, 0.4) is 0 Å². The van der Waals surface area contributed by atoms with E-state index in [1.807, 2.05) is 30.3 Å². The smallest absolute Gasteiger partial charge is 0.303 e. The van der Waals surface area contributed by atoms with Gasteiger partial charge in [-0.25, -0.2) is 0 Å². The molecule has 1 fully saturated rings. The molecule has 0 radical (unpaired) electrons. The van der Waals surface area contributed by atoms with Crippen molar-refractivity contribution in [2.75, 3.05) is 7.11 Å². The third-order valence-electron chi connectivity index (χ3n) is 4.89. The van der Waals surface area contributed by atoms with Gasteiger partial charge in [-0.2, -0.15) is 0 Å². The number of nitro groups is 1. The summed E-state index contributed by atoms with van der Waals surface area (Å²) in [7, 11) is 1.50. The number of carbonyl (C=O) groups is 1. The van der Waals surface area contributed by atoms with Gasteiger partial charge in [0.25, 0.3) is 5.69 Å². The molecule has 0 unspecified atom stereocenters. The fourth-order valence-electron chi connectivity index (χ4n) is 3.41. The first-order valence-electron chi connectivity index (χ1n) is 9.81. The summed E-state index contributed by atoms with van der Waals surface area (Å²) in [5.41, 5.74) is 0.890. The Morgan fingerprint density at radius 2 is 1.74 bits per heavy atom. The van der Waals surface area contributed by atoms with E-state index in [4.69, 9.17) is 23.7 Å². The van der Waals surface area contributed by atoms with E-state index in [0.717, 1.165) is 5.56 Å². The fourth-order valence-corrected chi connectivity index (χ4v) is 3.41. The van der Waals surface area contributed by atoms with E-state index in [2.05, 4.69) is 0 Å². The summed E-state index contributed by atoms with van der Waals surface area (Å²) in [5, 5.41) is 10.9. The lowest BCUT2D eigenvalue weighted by atomic mass is 9.99. The highest BCUT2D eigenvalue weighted by Crippen LogP contribution is 2.30. The highest BCUT2D eigenvalue weighted by Gasteiger charge is 2.48. The van der Waals surface area contributed by atoms with E-state index in [-0.39, 0.29) is 12.3 Å². The van der Waals surface area contributed by atoms with Crippen molar-refractivity contribution in [3.05, 3.63) is 70.3 Å². The molecular weight excluding hydrogens is 406 g/mol.